The summed E-state index contributed by atoms with van der Waals surface area (Å²) in [6, 6.07) is 7.58. The Morgan fingerprint density at radius 1 is 1.38 bits per heavy atom. The first kappa shape index (κ1) is 19.5. The maximum Gasteiger partial charge on any atom is 0.323 e. The summed E-state index contributed by atoms with van der Waals surface area (Å²) in [6.07, 6.45) is 2.05. The number of thioether (sulfide) groups is 1. The van der Waals surface area contributed by atoms with Gasteiger partial charge in [-0.25, -0.2) is 0 Å². The lowest BCUT2D eigenvalue weighted by Crippen LogP contribution is -2.47. The van der Waals surface area contributed by atoms with Crippen molar-refractivity contribution < 1.29 is 14.3 Å². The summed E-state index contributed by atoms with van der Waals surface area (Å²) in [4.78, 5) is 29.1. The van der Waals surface area contributed by atoms with Crippen LogP contribution in [0.25, 0.3) is 0 Å². The molecular weight excluding hydrogens is 372 g/mol. The van der Waals surface area contributed by atoms with Crippen molar-refractivity contribution in [3.63, 3.8) is 0 Å². The average molecular weight is 397 g/mol. The number of carbonyl (C=O) groups excluding carboxylic acids is 2. The van der Waals surface area contributed by atoms with Gasteiger partial charge in [-0.05, 0) is 32.8 Å². The highest BCUT2D eigenvalue weighted by Gasteiger charge is 2.39. The highest BCUT2D eigenvalue weighted by molar-refractivity contribution is 7.99. The van der Waals surface area contributed by atoms with E-state index in [9.17, 15) is 9.59 Å². The van der Waals surface area contributed by atoms with Crippen LogP contribution in [0.5, 0.6) is 0 Å². The fourth-order valence-corrected chi connectivity index (χ4v) is 4.91. The summed E-state index contributed by atoms with van der Waals surface area (Å²) < 4.78 is 5.15. The molecule has 1 heterocycles. The molecule has 1 aliphatic heterocycles. The maximum atomic E-state index is 13.0. The van der Waals surface area contributed by atoms with Crippen LogP contribution in [0, 0.1) is 0 Å². The first-order valence-electron chi connectivity index (χ1n) is 9.10. The molecule has 1 saturated heterocycles. The lowest BCUT2D eigenvalue weighted by atomic mass is 10.2. The number of esters is 1. The van der Waals surface area contributed by atoms with E-state index < -0.39 is 6.04 Å². The zero-order valence-electron chi connectivity index (χ0n) is 15.2. The van der Waals surface area contributed by atoms with Crippen molar-refractivity contribution in [1.29, 1.82) is 0 Å². The predicted molar refractivity (Wildman–Crippen MR) is 104 cm³/mol. The number of benzene rings is 1. The van der Waals surface area contributed by atoms with Crippen LogP contribution in [0.4, 0.5) is 0 Å². The Morgan fingerprint density at radius 3 is 2.77 bits per heavy atom. The zero-order valence-corrected chi connectivity index (χ0v) is 16.8. The van der Waals surface area contributed by atoms with Crippen molar-refractivity contribution in [2.45, 2.75) is 44.1 Å². The second-order valence-corrected chi connectivity index (χ2v) is 8.26. The molecule has 26 heavy (non-hydrogen) atoms. The molecule has 1 saturated carbocycles. The fraction of sp³-hybridized carbons (Fsp3) is 0.579. The van der Waals surface area contributed by atoms with Gasteiger partial charge in [-0.15, -0.1) is 11.8 Å². The monoisotopic (exact) mass is 396 g/mol. The highest BCUT2D eigenvalue weighted by Crippen LogP contribution is 2.41. The smallest absolute Gasteiger partial charge is 0.323 e. The van der Waals surface area contributed by atoms with Crippen LogP contribution in [0.1, 0.15) is 37.6 Å². The van der Waals surface area contributed by atoms with Crippen molar-refractivity contribution in [1.82, 2.24) is 9.80 Å². The fourth-order valence-electron chi connectivity index (χ4n) is 3.29. The SMILES string of the molecule is CCOC(=O)[C@H](C)N(CC(=O)N1CCS[C@H]1c1ccccc1Cl)C1CC1. The third kappa shape index (κ3) is 4.35. The molecule has 5 nitrogen and oxygen atoms in total. The molecule has 1 aromatic rings. The van der Waals surface area contributed by atoms with Crippen LogP contribution < -0.4 is 0 Å². The first-order chi connectivity index (χ1) is 12.5. The Morgan fingerprint density at radius 2 is 2.12 bits per heavy atom. The Hall–Kier alpha value is -1.24. The van der Waals surface area contributed by atoms with Gasteiger partial charge in [0.2, 0.25) is 5.91 Å². The van der Waals surface area contributed by atoms with Gasteiger partial charge in [0.25, 0.3) is 0 Å². The third-order valence-corrected chi connectivity index (χ3v) is 6.43. The van der Waals surface area contributed by atoms with Gasteiger partial charge < -0.3 is 9.64 Å². The van der Waals surface area contributed by atoms with E-state index in [2.05, 4.69) is 0 Å². The number of amides is 1. The summed E-state index contributed by atoms with van der Waals surface area (Å²) in [5, 5.41) is 0.624. The lowest BCUT2D eigenvalue weighted by Gasteiger charge is -2.31. The largest absolute Gasteiger partial charge is 0.465 e. The van der Waals surface area contributed by atoms with Crippen LogP contribution in [0.2, 0.25) is 5.02 Å². The van der Waals surface area contributed by atoms with Crippen LogP contribution in [0.15, 0.2) is 24.3 Å². The first-order valence-corrected chi connectivity index (χ1v) is 10.5. The van der Waals surface area contributed by atoms with E-state index in [0.29, 0.717) is 24.2 Å². The molecular formula is C19H25ClN2O3S. The summed E-state index contributed by atoms with van der Waals surface area (Å²) in [6.45, 7) is 4.92. The minimum atomic E-state index is -0.402. The minimum Gasteiger partial charge on any atom is -0.465 e. The molecule has 1 amide bonds. The summed E-state index contributed by atoms with van der Waals surface area (Å²) in [5.74, 6) is 0.673. The molecule has 0 radical (unpaired) electrons. The Balaban J connectivity index is 1.71. The van der Waals surface area contributed by atoms with Crippen molar-refractivity contribution in [3.8, 4) is 0 Å². The normalized spacial score (nSPS) is 21.1. The molecule has 0 bridgehead atoms. The van der Waals surface area contributed by atoms with Gasteiger partial charge in [0.1, 0.15) is 11.4 Å². The van der Waals surface area contributed by atoms with Gasteiger partial charge in [0.05, 0.1) is 13.2 Å². The number of nitrogens with zero attached hydrogens (tertiary/aromatic N) is 2. The molecule has 0 spiro atoms. The van der Waals surface area contributed by atoms with E-state index >= 15 is 0 Å². The van der Waals surface area contributed by atoms with Gasteiger partial charge in [0.15, 0.2) is 0 Å². The van der Waals surface area contributed by atoms with E-state index in [4.69, 9.17) is 16.3 Å². The van der Waals surface area contributed by atoms with Crippen LogP contribution >= 0.6 is 23.4 Å². The predicted octanol–water partition coefficient (Wildman–Crippen LogP) is 3.33. The Labute approximate surface area is 164 Å². The molecule has 7 heteroatoms. The number of hydrogen-bond donors (Lipinski definition) is 0. The maximum absolute atomic E-state index is 13.0. The number of halogens is 1. The summed E-state index contributed by atoms with van der Waals surface area (Å²) in [7, 11) is 0. The topological polar surface area (TPSA) is 49.9 Å². The Bertz CT molecular complexity index is 668. The number of hydrogen-bond acceptors (Lipinski definition) is 5. The van der Waals surface area contributed by atoms with Crippen molar-refractivity contribution in [2.24, 2.45) is 0 Å². The number of carbonyl (C=O) groups is 2. The van der Waals surface area contributed by atoms with Crippen LogP contribution in [-0.4, -0.2) is 59.2 Å². The van der Waals surface area contributed by atoms with E-state index in [1.807, 2.05) is 41.0 Å². The van der Waals surface area contributed by atoms with Gasteiger partial charge in [-0.1, -0.05) is 29.8 Å². The average Bonchev–Trinajstić information content (AvgIpc) is 3.35. The van der Waals surface area contributed by atoms with Gasteiger partial charge >= 0.3 is 5.97 Å². The quantitative estimate of drug-likeness (QED) is 0.661. The summed E-state index contributed by atoms with van der Waals surface area (Å²) >= 11 is 8.07. The van der Waals surface area contributed by atoms with E-state index in [1.54, 1.807) is 18.7 Å². The standard InChI is InChI=1S/C19H25ClN2O3S/c1-3-25-19(24)13(2)22(14-8-9-14)12-17(23)21-10-11-26-18(21)15-6-4-5-7-16(15)20/h4-7,13-14,18H,3,8-12H2,1-2H3/t13-,18-/m0/s1. The van der Waals surface area contributed by atoms with E-state index in [0.717, 1.165) is 24.2 Å². The molecule has 142 valence electrons. The van der Waals surface area contributed by atoms with Crippen molar-refractivity contribution >= 4 is 35.2 Å². The number of ether oxygens (including phenoxy) is 1. The highest BCUT2D eigenvalue weighted by atomic mass is 35.5. The van der Waals surface area contributed by atoms with Crippen LogP contribution in [0.3, 0.4) is 0 Å². The van der Waals surface area contributed by atoms with Gasteiger partial charge in [-0.2, -0.15) is 0 Å². The molecule has 1 aromatic carbocycles. The zero-order chi connectivity index (χ0) is 18.7. The second-order valence-electron chi connectivity index (χ2n) is 6.66. The molecule has 2 fully saturated rings. The Kier molecular flexibility index (Phi) is 6.48. The third-order valence-electron chi connectivity index (χ3n) is 4.84. The van der Waals surface area contributed by atoms with Crippen LogP contribution in [-0.2, 0) is 14.3 Å². The summed E-state index contributed by atoms with van der Waals surface area (Å²) in [5.41, 5.74) is 0.974. The second kappa shape index (κ2) is 8.63. The van der Waals surface area contributed by atoms with Crippen molar-refractivity contribution in [3.05, 3.63) is 34.9 Å². The molecule has 0 aromatic heterocycles. The van der Waals surface area contributed by atoms with E-state index in [-0.39, 0.29) is 23.8 Å². The van der Waals surface area contributed by atoms with E-state index in [1.165, 1.54) is 0 Å². The molecule has 0 unspecified atom stereocenters. The van der Waals surface area contributed by atoms with Crippen molar-refractivity contribution in [2.75, 3.05) is 25.4 Å². The molecule has 2 atom stereocenters. The lowest BCUT2D eigenvalue weighted by molar-refractivity contribution is -0.150. The molecule has 1 aliphatic carbocycles. The van der Waals surface area contributed by atoms with Gasteiger partial charge in [0, 0.05) is 28.9 Å². The number of rotatable bonds is 7. The van der Waals surface area contributed by atoms with Gasteiger partial charge in [-0.3, -0.25) is 14.5 Å². The minimum absolute atomic E-state index is 0.0444. The molecule has 0 N–H and O–H groups in total. The molecule has 3 rings (SSSR count). The molecule has 2 aliphatic rings.